The number of likely N-dealkylation sites (tertiary alicyclic amines) is 1. The van der Waals surface area contributed by atoms with Gasteiger partial charge in [-0.3, -0.25) is 0 Å². The number of rotatable bonds is 0. The Kier molecular flexibility index (Phi) is 4.09. The van der Waals surface area contributed by atoms with Crippen LogP contribution in [0.15, 0.2) is 18.2 Å². The molecule has 0 aromatic heterocycles. The monoisotopic (exact) mass is 336 g/mol. The molecule has 0 saturated carbocycles. The summed E-state index contributed by atoms with van der Waals surface area (Å²) in [6.07, 6.45) is 2.45. The van der Waals surface area contributed by atoms with Crippen molar-refractivity contribution >= 4 is 17.7 Å². The Labute approximate surface area is 142 Å². The van der Waals surface area contributed by atoms with Gasteiger partial charge in [0.2, 0.25) is 0 Å². The average molecular weight is 337 g/mol. The van der Waals surface area contributed by atoms with Gasteiger partial charge in [0.25, 0.3) is 0 Å². The maximum atomic E-state index is 12.2. The zero-order valence-electron chi connectivity index (χ0n) is 14.1. The van der Waals surface area contributed by atoms with Gasteiger partial charge in [-0.05, 0) is 57.2 Å². The SMILES string of the molecule is CC(C)(C)OC(=O)N1CCC2(CC1)C[C@H](N)c1cccc(Cl)c12. The van der Waals surface area contributed by atoms with E-state index in [0.29, 0.717) is 13.1 Å². The third-order valence-electron chi connectivity index (χ3n) is 4.96. The predicted molar refractivity (Wildman–Crippen MR) is 91.7 cm³/mol. The van der Waals surface area contributed by atoms with Crippen LogP contribution in [-0.2, 0) is 10.2 Å². The van der Waals surface area contributed by atoms with Crippen molar-refractivity contribution < 1.29 is 9.53 Å². The molecule has 126 valence electrons. The van der Waals surface area contributed by atoms with E-state index in [-0.39, 0.29) is 17.6 Å². The second-order valence-corrected chi connectivity index (χ2v) is 8.17. The smallest absolute Gasteiger partial charge is 0.410 e. The van der Waals surface area contributed by atoms with Crippen molar-refractivity contribution in [3.8, 4) is 0 Å². The zero-order chi connectivity index (χ0) is 16.8. The molecular formula is C18H25ClN2O2. The van der Waals surface area contributed by atoms with Gasteiger partial charge in [-0.15, -0.1) is 0 Å². The van der Waals surface area contributed by atoms with Gasteiger partial charge in [0.15, 0.2) is 0 Å². The first-order chi connectivity index (χ1) is 10.7. The van der Waals surface area contributed by atoms with Gasteiger partial charge >= 0.3 is 6.09 Å². The fourth-order valence-electron chi connectivity index (χ4n) is 3.94. The van der Waals surface area contributed by atoms with Gasteiger partial charge in [-0.1, -0.05) is 23.7 Å². The molecule has 0 bridgehead atoms. The minimum absolute atomic E-state index is 0.00556. The normalized spacial score (nSPS) is 23.0. The van der Waals surface area contributed by atoms with E-state index in [4.69, 9.17) is 22.1 Å². The maximum Gasteiger partial charge on any atom is 0.410 e. The highest BCUT2D eigenvalue weighted by Gasteiger charge is 2.46. The van der Waals surface area contributed by atoms with Crippen molar-refractivity contribution in [2.24, 2.45) is 5.73 Å². The first kappa shape index (κ1) is 16.6. The van der Waals surface area contributed by atoms with Crippen LogP contribution in [-0.4, -0.2) is 29.7 Å². The van der Waals surface area contributed by atoms with E-state index in [0.717, 1.165) is 24.3 Å². The van der Waals surface area contributed by atoms with Crippen molar-refractivity contribution in [3.63, 3.8) is 0 Å². The first-order valence-electron chi connectivity index (χ1n) is 8.24. The second-order valence-electron chi connectivity index (χ2n) is 7.76. The molecule has 0 unspecified atom stereocenters. The van der Waals surface area contributed by atoms with Crippen molar-refractivity contribution in [2.45, 2.75) is 57.1 Å². The Hall–Kier alpha value is -1.26. The van der Waals surface area contributed by atoms with Gasteiger partial charge < -0.3 is 15.4 Å². The highest BCUT2D eigenvalue weighted by Crippen LogP contribution is 2.52. The summed E-state index contributed by atoms with van der Waals surface area (Å²) in [7, 11) is 0. The summed E-state index contributed by atoms with van der Waals surface area (Å²) in [5.41, 5.74) is 8.26. The predicted octanol–water partition coefficient (Wildman–Crippen LogP) is 4.01. The summed E-state index contributed by atoms with van der Waals surface area (Å²) in [4.78, 5) is 14.0. The van der Waals surface area contributed by atoms with E-state index in [1.807, 2.05) is 32.9 Å². The van der Waals surface area contributed by atoms with Gasteiger partial charge in [0.05, 0.1) is 0 Å². The van der Waals surface area contributed by atoms with Crippen molar-refractivity contribution in [1.29, 1.82) is 0 Å². The van der Waals surface area contributed by atoms with E-state index in [1.165, 1.54) is 11.1 Å². The molecule has 1 aromatic rings. The molecule has 2 aliphatic rings. The van der Waals surface area contributed by atoms with E-state index in [1.54, 1.807) is 4.90 Å². The fraction of sp³-hybridized carbons (Fsp3) is 0.611. The van der Waals surface area contributed by atoms with Gasteiger partial charge in [0.1, 0.15) is 5.60 Å². The molecule has 3 rings (SSSR count). The summed E-state index contributed by atoms with van der Waals surface area (Å²) < 4.78 is 5.48. The summed E-state index contributed by atoms with van der Waals surface area (Å²) in [5, 5.41) is 0.807. The summed E-state index contributed by atoms with van der Waals surface area (Å²) in [6.45, 7) is 7.05. The molecule has 1 fully saturated rings. The van der Waals surface area contributed by atoms with Crippen LogP contribution in [0.1, 0.15) is 57.2 Å². The quantitative estimate of drug-likeness (QED) is 0.778. The van der Waals surface area contributed by atoms with Crippen LogP contribution in [0.25, 0.3) is 0 Å². The zero-order valence-corrected chi connectivity index (χ0v) is 14.8. The van der Waals surface area contributed by atoms with E-state index < -0.39 is 5.60 Å². The van der Waals surface area contributed by atoms with E-state index >= 15 is 0 Å². The Morgan fingerprint density at radius 2 is 2.00 bits per heavy atom. The molecule has 1 saturated heterocycles. The lowest BCUT2D eigenvalue weighted by molar-refractivity contribution is 0.0162. The number of benzene rings is 1. The number of ether oxygens (including phenoxy) is 1. The van der Waals surface area contributed by atoms with Crippen molar-refractivity contribution in [1.82, 2.24) is 4.90 Å². The van der Waals surface area contributed by atoms with Crippen LogP contribution in [0.4, 0.5) is 4.79 Å². The molecule has 1 heterocycles. The lowest BCUT2D eigenvalue weighted by atomic mass is 9.73. The highest BCUT2D eigenvalue weighted by atomic mass is 35.5. The molecule has 1 atom stereocenters. The molecule has 4 nitrogen and oxygen atoms in total. The third kappa shape index (κ3) is 3.07. The van der Waals surface area contributed by atoms with Crippen LogP contribution in [0.5, 0.6) is 0 Å². The minimum Gasteiger partial charge on any atom is -0.444 e. The van der Waals surface area contributed by atoms with Crippen molar-refractivity contribution in [2.75, 3.05) is 13.1 Å². The topological polar surface area (TPSA) is 55.6 Å². The number of nitrogens with two attached hydrogens (primary N) is 1. The summed E-state index contributed by atoms with van der Waals surface area (Å²) in [6, 6.07) is 6.04. The van der Waals surface area contributed by atoms with Crippen molar-refractivity contribution in [3.05, 3.63) is 34.3 Å². The number of amides is 1. The van der Waals surface area contributed by atoms with E-state index in [2.05, 4.69) is 6.07 Å². The lowest BCUT2D eigenvalue weighted by Crippen LogP contribution is -2.46. The molecule has 1 amide bonds. The number of halogens is 1. The standard InChI is InChI=1S/C18H25ClN2O2/c1-17(2,3)23-16(22)21-9-7-18(8-10-21)11-14(20)12-5-4-6-13(19)15(12)18/h4-6,14H,7-11,20H2,1-3H3/t14-/m0/s1. The third-order valence-corrected chi connectivity index (χ3v) is 5.27. The summed E-state index contributed by atoms with van der Waals surface area (Å²) in [5.74, 6) is 0. The number of nitrogens with zero attached hydrogens (tertiary/aromatic N) is 1. The molecule has 2 N–H and O–H groups in total. The molecule has 0 radical (unpaired) electrons. The Morgan fingerprint density at radius 3 is 2.61 bits per heavy atom. The first-order valence-corrected chi connectivity index (χ1v) is 8.62. The largest absolute Gasteiger partial charge is 0.444 e. The van der Waals surface area contributed by atoms with Gasteiger partial charge in [-0.25, -0.2) is 4.79 Å². The van der Waals surface area contributed by atoms with Gasteiger partial charge in [0, 0.05) is 29.6 Å². The Morgan fingerprint density at radius 1 is 1.35 bits per heavy atom. The summed E-state index contributed by atoms with van der Waals surface area (Å²) >= 11 is 6.48. The number of piperidine rings is 1. The number of hydrogen-bond acceptors (Lipinski definition) is 3. The molecule has 1 spiro atoms. The molecular weight excluding hydrogens is 312 g/mol. The maximum absolute atomic E-state index is 12.2. The highest BCUT2D eigenvalue weighted by molar-refractivity contribution is 6.31. The van der Waals surface area contributed by atoms with Crippen LogP contribution >= 0.6 is 11.6 Å². The number of hydrogen-bond donors (Lipinski definition) is 1. The lowest BCUT2D eigenvalue weighted by Gasteiger charge is -2.40. The molecule has 1 aromatic carbocycles. The molecule has 5 heteroatoms. The van der Waals surface area contributed by atoms with Crippen LogP contribution in [0.3, 0.4) is 0 Å². The van der Waals surface area contributed by atoms with Gasteiger partial charge in [-0.2, -0.15) is 0 Å². The molecule has 23 heavy (non-hydrogen) atoms. The van der Waals surface area contributed by atoms with Crippen LogP contribution in [0.2, 0.25) is 5.02 Å². The number of carbonyl (C=O) groups excluding carboxylic acids is 1. The number of carbonyl (C=O) groups is 1. The number of fused-ring (bicyclic) bond motifs is 2. The van der Waals surface area contributed by atoms with Crippen LogP contribution in [0, 0.1) is 0 Å². The van der Waals surface area contributed by atoms with Crippen LogP contribution < -0.4 is 5.73 Å². The minimum atomic E-state index is -0.460. The molecule has 1 aliphatic carbocycles. The second kappa shape index (κ2) is 5.67. The Bertz CT molecular complexity index is 616. The average Bonchev–Trinajstić information content (AvgIpc) is 2.72. The van der Waals surface area contributed by atoms with E-state index in [9.17, 15) is 4.79 Å². The fourth-order valence-corrected chi connectivity index (χ4v) is 4.32. The molecule has 1 aliphatic heterocycles. The Balaban J connectivity index is 1.77.